The van der Waals surface area contributed by atoms with Gasteiger partial charge < -0.3 is 19.9 Å². The van der Waals surface area contributed by atoms with E-state index in [2.05, 4.69) is 24.8 Å². The highest BCUT2D eigenvalue weighted by atomic mass is 32.2. The molecule has 0 bridgehead atoms. The number of aliphatic hydroxyl groups excluding tert-OH is 1. The topological polar surface area (TPSA) is 107 Å². The average Bonchev–Trinajstić information content (AvgIpc) is 3.23. The van der Waals surface area contributed by atoms with Crippen molar-refractivity contribution in [2.75, 3.05) is 31.4 Å². The van der Waals surface area contributed by atoms with Crippen molar-refractivity contribution in [1.29, 1.82) is 0 Å². The summed E-state index contributed by atoms with van der Waals surface area (Å²) in [6.07, 6.45) is 2.20. The molecule has 3 heterocycles. The Bertz CT molecular complexity index is 959. The highest BCUT2D eigenvalue weighted by Crippen LogP contribution is 2.36. The fourth-order valence-electron chi connectivity index (χ4n) is 2.54. The lowest BCUT2D eigenvalue weighted by Crippen LogP contribution is -2.00. The molecule has 0 atom stereocenters. The van der Waals surface area contributed by atoms with E-state index in [0.717, 1.165) is 22.0 Å². The quantitative estimate of drug-likeness (QED) is 0.366. The van der Waals surface area contributed by atoms with Crippen LogP contribution in [-0.2, 0) is 18.2 Å². The molecule has 3 aromatic rings. The first-order valence-electron chi connectivity index (χ1n) is 9.02. The van der Waals surface area contributed by atoms with E-state index in [0.29, 0.717) is 41.3 Å². The summed E-state index contributed by atoms with van der Waals surface area (Å²) in [5.41, 5.74) is 1.72. The molecule has 0 aliphatic heterocycles. The molecule has 3 rings (SSSR count). The van der Waals surface area contributed by atoms with Gasteiger partial charge in [-0.25, -0.2) is 9.97 Å². The minimum absolute atomic E-state index is 0.00966. The number of anilines is 2. The Hall–Kier alpha value is -2.21. The van der Waals surface area contributed by atoms with Gasteiger partial charge in [0.05, 0.1) is 18.9 Å². The Morgan fingerprint density at radius 2 is 2.17 bits per heavy atom. The van der Waals surface area contributed by atoms with Crippen molar-refractivity contribution >= 4 is 34.2 Å². The van der Waals surface area contributed by atoms with E-state index in [-0.39, 0.29) is 6.61 Å². The van der Waals surface area contributed by atoms with Gasteiger partial charge in [0.15, 0.2) is 17.3 Å². The van der Waals surface area contributed by atoms with Crippen molar-refractivity contribution in [3.05, 3.63) is 29.5 Å². The molecular weight excluding hydrogens is 412 g/mol. The van der Waals surface area contributed by atoms with Gasteiger partial charge in [-0.15, -0.1) is 11.8 Å². The van der Waals surface area contributed by atoms with Crippen LogP contribution in [-0.4, -0.2) is 55.3 Å². The zero-order valence-electron chi connectivity index (χ0n) is 16.8. The van der Waals surface area contributed by atoms with E-state index in [9.17, 15) is 0 Å². The van der Waals surface area contributed by atoms with Gasteiger partial charge in [-0.05, 0) is 19.9 Å². The molecule has 0 fully saturated rings. The predicted octanol–water partition coefficient (Wildman–Crippen LogP) is 3.09. The summed E-state index contributed by atoms with van der Waals surface area (Å²) in [5.74, 6) is 3.22. The normalized spacial score (nSPS) is 11.1. The third-order valence-electron chi connectivity index (χ3n) is 4.07. The second-order valence-electron chi connectivity index (χ2n) is 6.20. The first-order chi connectivity index (χ1) is 14.0. The molecule has 0 saturated carbocycles. The molecule has 0 unspecified atom stereocenters. The zero-order chi connectivity index (χ0) is 20.8. The van der Waals surface area contributed by atoms with E-state index in [1.54, 1.807) is 29.8 Å². The molecule has 0 aliphatic rings. The number of hydrogen-bond donors (Lipinski definition) is 2. The van der Waals surface area contributed by atoms with E-state index in [4.69, 9.17) is 14.6 Å². The molecule has 0 saturated heterocycles. The summed E-state index contributed by atoms with van der Waals surface area (Å²) in [7, 11) is 3.56. The SMILES string of the molecule is COCCSc1cnc(Nc2nc(CCO)ns2)c(Oc2c(C)nn(C)c2C)c1. The highest BCUT2D eigenvalue weighted by molar-refractivity contribution is 7.99. The van der Waals surface area contributed by atoms with Crippen LogP contribution in [0.2, 0.25) is 0 Å². The first kappa shape index (κ1) is 21.5. The van der Waals surface area contributed by atoms with Crippen molar-refractivity contribution in [2.45, 2.75) is 25.2 Å². The number of rotatable bonds is 10. The molecule has 3 aromatic heterocycles. The third-order valence-corrected chi connectivity index (χ3v) is 5.66. The van der Waals surface area contributed by atoms with Crippen molar-refractivity contribution in [1.82, 2.24) is 24.1 Å². The number of pyridine rings is 1. The molecule has 11 heteroatoms. The minimum Gasteiger partial charge on any atom is -0.450 e. The van der Waals surface area contributed by atoms with Gasteiger partial charge >= 0.3 is 0 Å². The summed E-state index contributed by atoms with van der Waals surface area (Å²) in [4.78, 5) is 9.88. The lowest BCUT2D eigenvalue weighted by Gasteiger charge is -2.12. The molecule has 2 N–H and O–H groups in total. The van der Waals surface area contributed by atoms with Crippen LogP contribution >= 0.6 is 23.3 Å². The molecule has 0 radical (unpaired) electrons. The summed E-state index contributed by atoms with van der Waals surface area (Å²) in [6.45, 7) is 4.53. The van der Waals surface area contributed by atoms with Gasteiger partial charge in [0.1, 0.15) is 11.5 Å². The standard InChI is InChI=1S/C18H24N6O3S2/c1-11-16(12(2)24(3)22-11)27-14-9-13(28-8-7-26-4)10-19-17(14)21-18-20-15(5-6-25)23-29-18/h9-10,25H,5-8H2,1-4H3,(H,19,20,21,23). The van der Waals surface area contributed by atoms with E-state index in [1.165, 1.54) is 11.5 Å². The summed E-state index contributed by atoms with van der Waals surface area (Å²) >= 11 is 2.85. The van der Waals surface area contributed by atoms with Crippen LogP contribution in [0.15, 0.2) is 17.2 Å². The Labute approximate surface area is 177 Å². The lowest BCUT2D eigenvalue weighted by molar-refractivity contribution is 0.218. The van der Waals surface area contributed by atoms with Crippen molar-refractivity contribution in [3.63, 3.8) is 0 Å². The minimum atomic E-state index is 0.00966. The van der Waals surface area contributed by atoms with Crippen LogP contribution in [0.1, 0.15) is 17.2 Å². The lowest BCUT2D eigenvalue weighted by atomic mass is 10.3. The Balaban J connectivity index is 1.88. The maximum absolute atomic E-state index is 9.05. The molecule has 0 aliphatic carbocycles. The number of ether oxygens (including phenoxy) is 2. The Morgan fingerprint density at radius 3 is 2.86 bits per heavy atom. The number of nitrogens with zero attached hydrogens (tertiary/aromatic N) is 5. The van der Waals surface area contributed by atoms with Gasteiger partial charge in [-0.1, -0.05) is 0 Å². The van der Waals surface area contributed by atoms with Crippen LogP contribution in [0, 0.1) is 13.8 Å². The van der Waals surface area contributed by atoms with E-state index >= 15 is 0 Å². The average molecular weight is 437 g/mol. The van der Waals surface area contributed by atoms with Crippen molar-refractivity contribution < 1.29 is 14.6 Å². The fraction of sp³-hybridized carbons (Fsp3) is 0.444. The molecule has 9 nitrogen and oxygen atoms in total. The monoisotopic (exact) mass is 436 g/mol. The van der Waals surface area contributed by atoms with Crippen molar-refractivity contribution in [2.24, 2.45) is 7.05 Å². The molecular formula is C18H24N6O3S2. The van der Waals surface area contributed by atoms with Crippen LogP contribution in [0.3, 0.4) is 0 Å². The van der Waals surface area contributed by atoms with Crippen LogP contribution in [0.4, 0.5) is 10.9 Å². The number of thioether (sulfide) groups is 1. The molecule has 0 spiro atoms. The number of nitrogens with one attached hydrogen (secondary N) is 1. The van der Waals surface area contributed by atoms with Gasteiger partial charge in [0.2, 0.25) is 5.13 Å². The van der Waals surface area contributed by atoms with Gasteiger partial charge in [-0.2, -0.15) is 9.47 Å². The fourth-order valence-corrected chi connectivity index (χ4v) is 3.96. The van der Waals surface area contributed by atoms with Crippen LogP contribution in [0.25, 0.3) is 0 Å². The highest BCUT2D eigenvalue weighted by Gasteiger charge is 2.17. The van der Waals surface area contributed by atoms with Gasteiger partial charge in [0.25, 0.3) is 0 Å². The number of aromatic nitrogens is 5. The van der Waals surface area contributed by atoms with Gasteiger partial charge in [0, 0.05) is 49.0 Å². The van der Waals surface area contributed by atoms with E-state index < -0.39 is 0 Å². The number of methoxy groups -OCH3 is 1. The van der Waals surface area contributed by atoms with Crippen molar-refractivity contribution in [3.8, 4) is 11.5 Å². The van der Waals surface area contributed by atoms with Crippen LogP contribution in [0.5, 0.6) is 11.5 Å². The third kappa shape index (κ3) is 5.44. The smallest absolute Gasteiger partial charge is 0.208 e. The maximum atomic E-state index is 9.05. The van der Waals surface area contributed by atoms with E-state index in [1.807, 2.05) is 27.0 Å². The molecule has 29 heavy (non-hydrogen) atoms. The largest absolute Gasteiger partial charge is 0.450 e. The first-order valence-corrected chi connectivity index (χ1v) is 10.8. The summed E-state index contributed by atoms with van der Waals surface area (Å²) in [6, 6.07) is 1.94. The maximum Gasteiger partial charge on any atom is 0.208 e. The Morgan fingerprint density at radius 1 is 1.34 bits per heavy atom. The predicted molar refractivity (Wildman–Crippen MR) is 114 cm³/mol. The van der Waals surface area contributed by atoms with Crippen LogP contribution < -0.4 is 10.1 Å². The molecule has 156 valence electrons. The van der Waals surface area contributed by atoms with Gasteiger partial charge in [-0.3, -0.25) is 4.68 Å². The second kappa shape index (κ2) is 10.0. The molecule has 0 aromatic carbocycles. The number of aliphatic hydroxyl groups is 1. The number of aryl methyl sites for hydroxylation is 2. The number of hydrogen-bond acceptors (Lipinski definition) is 10. The summed E-state index contributed by atoms with van der Waals surface area (Å²) < 4.78 is 17.4. The zero-order valence-corrected chi connectivity index (χ0v) is 18.4. The second-order valence-corrected chi connectivity index (χ2v) is 8.12. The Kier molecular flexibility index (Phi) is 7.42. The molecule has 0 amide bonds. The summed E-state index contributed by atoms with van der Waals surface area (Å²) in [5, 5.41) is 17.2.